The smallest absolute Gasteiger partial charge is 0.191 e. The first kappa shape index (κ1) is 15.9. The van der Waals surface area contributed by atoms with E-state index in [1.165, 1.54) is 19.3 Å². The van der Waals surface area contributed by atoms with E-state index in [0.717, 1.165) is 35.5 Å². The number of hydrogen-bond acceptors (Lipinski definition) is 3. The topological polar surface area (TPSA) is 69.8 Å². The molecule has 0 amide bonds. The van der Waals surface area contributed by atoms with E-state index < -0.39 is 5.60 Å². The number of furan rings is 1. The molecule has 0 aliphatic heterocycles. The van der Waals surface area contributed by atoms with Crippen LogP contribution in [0.4, 0.5) is 0 Å². The minimum absolute atomic E-state index is 0.386. The van der Waals surface area contributed by atoms with E-state index in [-0.39, 0.29) is 0 Å². The van der Waals surface area contributed by atoms with Crippen molar-refractivity contribution in [2.24, 2.45) is 10.9 Å². The van der Waals surface area contributed by atoms with E-state index in [4.69, 9.17) is 4.42 Å². The fourth-order valence-electron chi connectivity index (χ4n) is 2.68. The van der Waals surface area contributed by atoms with Gasteiger partial charge in [-0.15, -0.1) is 0 Å². The van der Waals surface area contributed by atoms with E-state index in [1.54, 1.807) is 14.0 Å². The summed E-state index contributed by atoms with van der Waals surface area (Å²) in [6.07, 6.45) is 3.94. The second-order valence-electron chi connectivity index (χ2n) is 6.20. The third-order valence-electron chi connectivity index (χ3n) is 4.23. The maximum absolute atomic E-state index is 10.7. The Morgan fingerprint density at radius 3 is 2.62 bits per heavy atom. The van der Waals surface area contributed by atoms with Crippen LogP contribution in [-0.4, -0.2) is 31.2 Å². The predicted octanol–water partition coefficient (Wildman–Crippen LogP) is 2.07. The van der Waals surface area contributed by atoms with Crippen molar-refractivity contribution >= 4 is 5.96 Å². The number of aliphatic imine (C=N–C) groups is 1. The zero-order chi connectivity index (χ0) is 15.5. The normalized spacial score (nSPS) is 19.0. The van der Waals surface area contributed by atoms with Gasteiger partial charge in [-0.3, -0.25) is 4.99 Å². The van der Waals surface area contributed by atoms with E-state index in [0.29, 0.717) is 6.54 Å². The van der Waals surface area contributed by atoms with Gasteiger partial charge >= 0.3 is 0 Å². The number of nitrogens with zero attached hydrogens (tertiary/aromatic N) is 1. The minimum Gasteiger partial charge on any atom is -0.466 e. The van der Waals surface area contributed by atoms with E-state index >= 15 is 0 Å². The highest BCUT2D eigenvalue weighted by molar-refractivity contribution is 5.79. The highest BCUT2D eigenvalue weighted by atomic mass is 16.3. The highest BCUT2D eigenvalue weighted by Crippen LogP contribution is 2.26. The first-order valence-corrected chi connectivity index (χ1v) is 7.67. The average Bonchev–Trinajstić information content (AvgIpc) is 2.71. The lowest BCUT2D eigenvalue weighted by Gasteiger charge is -2.28. The average molecular weight is 293 g/mol. The quantitative estimate of drug-likeness (QED) is 0.574. The minimum atomic E-state index is -0.990. The largest absolute Gasteiger partial charge is 0.466 e. The molecule has 21 heavy (non-hydrogen) atoms. The van der Waals surface area contributed by atoms with Crippen molar-refractivity contribution in [3.05, 3.63) is 23.2 Å². The van der Waals surface area contributed by atoms with Crippen molar-refractivity contribution in [2.75, 3.05) is 20.1 Å². The first-order valence-electron chi connectivity index (χ1n) is 7.67. The fourth-order valence-corrected chi connectivity index (χ4v) is 2.68. The van der Waals surface area contributed by atoms with Crippen LogP contribution in [-0.2, 0) is 5.60 Å². The Morgan fingerprint density at radius 2 is 2.14 bits per heavy atom. The molecule has 1 saturated carbocycles. The molecule has 1 aromatic rings. The molecule has 0 aromatic carbocycles. The predicted molar refractivity (Wildman–Crippen MR) is 84.5 cm³/mol. The van der Waals surface area contributed by atoms with Gasteiger partial charge in [0.05, 0.1) is 6.54 Å². The molecule has 0 saturated heterocycles. The number of aliphatic hydroxyl groups is 1. The van der Waals surface area contributed by atoms with Gasteiger partial charge in [0.1, 0.15) is 17.1 Å². The third kappa shape index (κ3) is 4.00. The van der Waals surface area contributed by atoms with Crippen LogP contribution in [0.15, 0.2) is 15.5 Å². The van der Waals surface area contributed by atoms with Gasteiger partial charge in [-0.25, -0.2) is 0 Å². The maximum atomic E-state index is 10.7. The van der Waals surface area contributed by atoms with Crippen LogP contribution in [0.25, 0.3) is 0 Å². The summed E-state index contributed by atoms with van der Waals surface area (Å²) in [5.41, 5.74) is -0.169. The lowest BCUT2D eigenvalue weighted by molar-refractivity contribution is 0.0601. The van der Waals surface area contributed by atoms with Gasteiger partial charge in [-0.05, 0) is 45.6 Å². The van der Waals surface area contributed by atoms with Gasteiger partial charge in [0.2, 0.25) is 0 Å². The second-order valence-corrected chi connectivity index (χ2v) is 6.20. The first-order chi connectivity index (χ1) is 9.92. The molecule has 1 fully saturated rings. The van der Waals surface area contributed by atoms with Crippen LogP contribution in [0, 0.1) is 19.8 Å². The summed E-state index contributed by atoms with van der Waals surface area (Å²) in [5, 5.41) is 17.2. The molecule has 5 heteroatoms. The maximum Gasteiger partial charge on any atom is 0.191 e. The number of hydrogen-bond donors (Lipinski definition) is 3. The molecule has 3 N–H and O–H groups in total. The van der Waals surface area contributed by atoms with Crippen LogP contribution < -0.4 is 10.6 Å². The number of nitrogens with one attached hydrogen (secondary N) is 2. The Morgan fingerprint density at radius 1 is 1.43 bits per heavy atom. The Kier molecular flexibility index (Phi) is 4.93. The molecule has 1 unspecified atom stereocenters. The van der Waals surface area contributed by atoms with Crippen molar-refractivity contribution in [1.29, 1.82) is 0 Å². The van der Waals surface area contributed by atoms with E-state index in [1.807, 2.05) is 19.9 Å². The second kappa shape index (κ2) is 6.52. The zero-order valence-corrected chi connectivity index (χ0v) is 13.5. The summed E-state index contributed by atoms with van der Waals surface area (Å²) in [6, 6.07) is 1.89. The van der Waals surface area contributed by atoms with Crippen LogP contribution in [0.5, 0.6) is 0 Å². The molecule has 1 atom stereocenters. The fraction of sp³-hybridized carbons (Fsp3) is 0.688. The molecule has 118 valence electrons. The summed E-state index contributed by atoms with van der Waals surface area (Å²) < 4.78 is 5.50. The number of rotatable bonds is 5. The Hall–Kier alpha value is -1.49. The van der Waals surface area contributed by atoms with Crippen LogP contribution in [0.1, 0.15) is 43.3 Å². The van der Waals surface area contributed by atoms with Gasteiger partial charge < -0.3 is 20.2 Å². The summed E-state index contributed by atoms with van der Waals surface area (Å²) in [4.78, 5) is 4.20. The molecule has 0 spiro atoms. The van der Waals surface area contributed by atoms with Gasteiger partial charge in [0.25, 0.3) is 0 Å². The molecule has 1 aliphatic rings. The lowest BCUT2D eigenvalue weighted by Crippen LogP contribution is -2.46. The van der Waals surface area contributed by atoms with Crippen molar-refractivity contribution in [2.45, 2.75) is 45.6 Å². The zero-order valence-electron chi connectivity index (χ0n) is 13.5. The van der Waals surface area contributed by atoms with Crippen LogP contribution in [0.3, 0.4) is 0 Å². The molecule has 0 radical (unpaired) electrons. The summed E-state index contributed by atoms with van der Waals surface area (Å²) in [6.45, 7) is 6.89. The van der Waals surface area contributed by atoms with Crippen molar-refractivity contribution in [1.82, 2.24) is 10.6 Å². The van der Waals surface area contributed by atoms with Crippen LogP contribution in [0.2, 0.25) is 0 Å². The molecular weight excluding hydrogens is 266 g/mol. The highest BCUT2D eigenvalue weighted by Gasteiger charge is 2.28. The summed E-state index contributed by atoms with van der Waals surface area (Å²) in [7, 11) is 1.75. The third-order valence-corrected chi connectivity index (χ3v) is 4.23. The summed E-state index contributed by atoms with van der Waals surface area (Å²) >= 11 is 0. The van der Waals surface area contributed by atoms with Crippen molar-refractivity contribution in [3.8, 4) is 0 Å². The molecule has 0 bridgehead atoms. The van der Waals surface area contributed by atoms with Gasteiger partial charge in [0, 0.05) is 19.2 Å². The van der Waals surface area contributed by atoms with Gasteiger partial charge in [-0.1, -0.05) is 6.42 Å². The Balaban J connectivity index is 1.88. The summed E-state index contributed by atoms with van der Waals surface area (Å²) in [5.74, 6) is 3.08. The molecular formula is C16H27N3O2. The number of guanidine groups is 1. The molecule has 5 nitrogen and oxygen atoms in total. The van der Waals surface area contributed by atoms with Crippen LogP contribution >= 0.6 is 0 Å². The van der Waals surface area contributed by atoms with Gasteiger partial charge in [-0.2, -0.15) is 0 Å². The van der Waals surface area contributed by atoms with E-state index in [2.05, 4.69) is 15.6 Å². The number of aryl methyl sites for hydroxylation is 2. The lowest BCUT2D eigenvalue weighted by atomic mass is 9.85. The van der Waals surface area contributed by atoms with E-state index in [9.17, 15) is 5.11 Å². The SMILES string of the molecule is CN=C(NCC1CCC1)NCC(C)(O)c1cc(C)oc1C. The van der Waals surface area contributed by atoms with Crippen molar-refractivity contribution in [3.63, 3.8) is 0 Å². The monoisotopic (exact) mass is 293 g/mol. The van der Waals surface area contributed by atoms with Gasteiger partial charge in [0.15, 0.2) is 5.96 Å². The molecule has 1 aromatic heterocycles. The van der Waals surface area contributed by atoms with Crippen molar-refractivity contribution < 1.29 is 9.52 Å². The molecule has 1 heterocycles. The Labute approximate surface area is 126 Å². The molecule has 2 rings (SSSR count). The standard InChI is InChI=1S/C16H27N3O2/c1-11-8-14(12(2)21-11)16(3,20)10-19-15(17-4)18-9-13-6-5-7-13/h8,13,20H,5-7,9-10H2,1-4H3,(H2,17,18,19). The molecule has 1 aliphatic carbocycles. The Bertz CT molecular complexity index is 502.